The second kappa shape index (κ2) is 4.06. The highest BCUT2D eigenvalue weighted by Crippen LogP contribution is 2.38. The third kappa shape index (κ3) is 1.67. The Morgan fingerprint density at radius 1 is 1.56 bits per heavy atom. The van der Waals surface area contributed by atoms with E-state index in [1.807, 2.05) is 0 Å². The molecule has 0 aromatic rings. The van der Waals surface area contributed by atoms with E-state index in [2.05, 4.69) is 0 Å². The first-order valence-corrected chi connectivity index (χ1v) is 5.50. The van der Waals surface area contributed by atoms with Crippen LogP contribution in [0.5, 0.6) is 0 Å². The van der Waals surface area contributed by atoms with Gasteiger partial charge in [0, 0.05) is 6.20 Å². The fourth-order valence-corrected chi connectivity index (χ4v) is 2.25. The summed E-state index contributed by atoms with van der Waals surface area (Å²) in [6.07, 6.45) is -2.57. The van der Waals surface area contributed by atoms with Crippen LogP contribution in [0, 0.1) is 5.88 Å². The molecule has 2 rings (SSSR count). The number of nitrogens with zero attached hydrogens (tertiary/aromatic N) is 1. The number of aliphatic hydroxyl groups excluding tert-OH is 3. The molecule has 1 fully saturated rings. The molecule has 91 valence electrons. The molecule has 0 bridgehead atoms. The highest BCUT2D eigenvalue weighted by molar-refractivity contribution is 8.05. The smallest absolute Gasteiger partial charge is 0.280 e. The summed E-state index contributed by atoms with van der Waals surface area (Å²) in [4.78, 5) is 1.16. The van der Waals surface area contributed by atoms with E-state index < -0.39 is 30.8 Å². The van der Waals surface area contributed by atoms with Crippen LogP contribution >= 0.6 is 11.8 Å². The molecular weight excluding hydrogens is 236 g/mol. The van der Waals surface area contributed by atoms with Gasteiger partial charge in [-0.1, -0.05) is 11.8 Å². The van der Waals surface area contributed by atoms with Crippen molar-refractivity contribution >= 4 is 11.8 Å². The topological polar surface area (TPSA) is 119 Å². The van der Waals surface area contributed by atoms with E-state index in [1.54, 1.807) is 0 Å². The fourth-order valence-electron chi connectivity index (χ4n) is 1.63. The molecule has 1 saturated heterocycles. The first-order chi connectivity index (χ1) is 7.49. The van der Waals surface area contributed by atoms with Crippen molar-refractivity contribution in [3.8, 4) is 0 Å². The Labute approximate surface area is 96.1 Å². The fraction of sp³-hybridized carbons (Fsp3) is 0.625. The van der Waals surface area contributed by atoms with Gasteiger partial charge in [-0.05, 0) is 0 Å². The minimum absolute atomic E-state index is 0.422. The van der Waals surface area contributed by atoms with Crippen LogP contribution in [0.1, 0.15) is 0 Å². The van der Waals surface area contributed by atoms with Gasteiger partial charge in [-0.15, -0.1) is 0 Å². The summed E-state index contributed by atoms with van der Waals surface area (Å²) >= 11 is 1.15. The van der Waals surface area contributed by atoms with Gasteiger partial charge in [0.1, 0.15) is 18.1 Å². The zero-order valence-corrected chi connectivity index (χ0v) is 9.04. The Balaban J connectivity index is 2.19. The molecule has 1 unspecified atom stereocenters. The summed E-state index contributed by atoms with van der Waals surface area (Å²) in [6, 6.07) is 0. The summed E-state index contributed by atoms with van der Waals surface area (Å²) in [5.74, 6) is -0.647. The largest absolute Gasteiger partial charge is 0.394 e. The molecule has 2 heterocycles. The third-order valence-corrected chi connectivity index (χ3v) is 3.24. The maximum absolute atomic E-state index is 10.1. The maximum Gasteiger partial charge on any atom is 0.280 e. The van der Waals surface area contributed by atoms with Gasteiger partial charge in [0.25, 0.3) is 5.91 Å². The van der Waals surface area contributed by atoms with Crippen LogP contribution in [0.4, 0.5) is 0 Å². The van der Waals surface area contributed by atoms with Crippen molar-refractivity contribution < 1.29 is 25.2 Å². The highest BCUT2D eigenvalue weighted by atomic mass is 32.2. The number of hydrogen-bond acceptors (Lipinski definition) is 8. The van der Waals surface area contributed by atoms with Gasteiger partial charge in [0.15, 0.2) is 6.10 Å². The lowest BCUT2D eigenvalue weighted by atomic mass is 10.1. The summed E-state index contributed by atoms with van der Waals surface area (Å²) < 4.78 is 5.04. The predicted molar refractivity (Wildman–Crippen MR) is 54.9 cm³/mol. The summed E-state index contributed by atoms with van der Waals surface area (Å²) in [5.41, 5.74) is 5.49. The van der Waals surface area contributed by atoms with Crippen molar-refractivity contribution in [1.29, 1.82) is 0 Å². The van der Waals surface area contributed by atoms with Crippen molar-refractivity contribution in [1.82, 2.24) is 4.90 Å². The van der Waals surface area contributed by atoms with Crippen LogP contribution in [0.15, 0.2) is 11.2 Å². The molecule has 6 N–H and O–H groups in total. The lowest BCUT2D eigenvalue weighted by Gasteiger charge is -2.33. The van der Waals surface area contributed by atoms with Crippen molar-refractivity contribution in [3.63, 3.8) is 0 Å². The molecule has 0 aliphatic carbocycles. The average molecular weight is 249 g/mol. The van der Waals surface area contributed by atoms with E-state index >= 15 is 0 Å². The van der Waals surface area contributed by atoms with Gasteiger partial charge in [-0.25, -0.2) is 0 Å². The second-order valence-corrected chi connectivity index (χ2v) is 4.51. The van der Waals surface area contributed by atoms with Crippen molar-refractivity contribution in [2.24, 2.45) is 5.73 Å². The number of ether oxygens (including phenoxy) is 1. The molecule has 0 spiro atoms. The number of nitrogens with two attached hydrogens (primary N) is 1. The van der Waals surface area contributed by atoms with Gasteiger partial charge in [-0.2, -0.15) is 0 Å². The van der Waals surface area contributed by atoms with Crippen molar-refractivity contribution in [2.45, 2.75) is 24.2 Å². The second-order valence-electron chi connectivity index (χ2n) is 3.59. The molecule has 16 heavy (non-hydrogen) atoms. The van der Waals surface area contributed by atoms with Crippen molar-refractivity contribution in [2.75, 3.05) is 6.61 Å². The SMILES string of the molecule is NC1=CN(C2(O)O[C@@H](CO)[C@H](O)[C@@H]2O)[CH]S1. The van der Waals surface area contributed by atoms with Crippen LogP contribution in [-0.2, 0) is 4.74 Å². The lowest BCUT2D eigenvalue weighted by molar-refractivity contribution is -0.291. The van der Waals surface area contributed by atoms with Crippen LogP contribution in [0.3, 0.4) is 0 Å². The standard InChI is InChI=1S/C8H13N2O5S/c9-5-1-10(3-16-5)8(14)7(13)6(12)4(2-11)15-8/h1,3-4,6-7,11-14H,2,9H2/t4-,6-,7-,8?/m0/s1. The predicted octanol–water partition coefficient (Wildman–Crippen LogP) is -2.33. The number of thioether (sulfide) groups is 1. The number of aliphatic hydroxyl groups is 4. The van der Waals surface area contributed by atoms with Crippen LogP contribution < -0.4 is 5.73 Å². The minimum atomic E-state index is -2.10. The molecule has 4 atom stereocenters. The quantitative estimate of drug-likeness (QED) is 0.370. The molecule has 7 nitrogen and oxygen atoms in total. The van der Waals surface area contributed by atoms with Gasteiger partial charge >= 0.3 is 0 Å². The van der Waals surface area contributed by atoms with Crippen LogP contribution in [0.25, 0.3) is 0 Å². The Morgan fingerprint density at radius 2 is 2.25 bits per heavy atom. The number of rotatable bonds is 2. The first-order valence-electron chi connectivity index (χ1n) is 4.62. The zero-order chi connectivity index (χ0) is 11.9. The van der Waals surface area contributed by atoms with E-state index in [1.165, 1.54) is 12.1 Å². The molecule has 0 aromatic carbocycles. The lowest BCUT2D eigenvalue weighted by Crippen LogP contribution is -2.52. The summed E-state index contributed by atoms with van der Waals surface area (Å²) in [6.45, 7) is -0.499. The first kappa shape index (κ1) is 12.0. The van der Waals surface area contributed by atoms with Gasteiger partial charge in [0.2, 0.25) is 0 Å². The molecule has 8 heteroatoms. The normalized spacial score (nSPS) is 43.9. The average Bonchev–Trinajstić information content (AvgIpc) is 2.78. The van der Waals surface area contributed by atoms with E-state index in [9.17, 15) is 15.3 Å². The van der Waals surface area contributed by atoms with Gasteiger partial charge in [-0.3, -0.25) is 0 Å². The molecule has 0 saturated carbocycles. The zero-order valence-electron chi connectivity index (χ0n) is 8.22. The van der Waals surface area contributed by atoms with Crippen LogP contribution in [-0.4, -0.2) is 56.2 Å². The van der Waals surface area contributed by atoms with E-state index in [0.717, 1.165) is 16.7 Å². The Morgan fingerprint density at radius 3 is 2.69 bits per heavy atom. The molecule has 2 aliphatic rings. The maximum atomic E-state index is 10.1. The van der Waals surface area contributed by atoms with E-state index in [0.29, 0.717) is 5.03 Å². The van der Waals surface area contributed by atoms with E-state index in [-0.39, 0.29) is 0 Å². The Hall–Kier alpha value is -0.510. The Bertz CT molecular complexity index is 315. The van der Waals surface area contributed by atoms with Crippen LogP contribution in [0.2, 0.25) is 0 Å². The molecule has 0 amide bonds. The number of hydrogen-bond donors (Lipinski definition) is 5. The molecule has 1 radical (unpaired) electrons. The minimum Gasteiger partial charge on any atom is -0.394 e. The van der Waals surface area contributed by atoms with Crippen molar-refractivity contribution in [3.05, 3.63) is 17.1 Å². The molecule has 0 aromatic heterocycles. The summed E-state index contributed by atoms with van der Waals surface area (Å²) in [7, 11) is 0. The Kier molecular flexibility index (Phi) is 3.03. The molecular formula is C8H13N2O5S. The van der Waals surface area contributed by atoms with E-state index in [4.69, 9.17) is 15.6 Å². The van der Waals surface area contributed by atoms with Gasteiger partial charge < -0.3 is 35.8 Å². The third-order valence-electron chi connectivity index (χ3n) is 2.53. The van der Waals surface area contributed by atoms with Gasteiger partial charge in [0.05, 0.1) is 11.6 Å². The monoisotopic (exact) mass is 249 g/mol. The molecule has 2 aliphatic heterocycles. The summed E-state index contributed by atoms with van der Waals surface area (Å²) in [5, 5.41) is 38.6. The highest BCUT2D eigenvalue weighted by Gasteiger charge is 2.57.